The molecule has 24 heavy (non-hydrogen) atoms. The fourth-order valence-electron chi connectivity index (χ4n) is 3.54. The van der Waals surface area contributed by atoms with Gasteiger partial charge in [0.25, 0.3) is 0 Å². The van der Waals surface area contributed by atoms with Crippen molar-refractivity contribution < 1.29 is 19.1 Å². The number of nitrogens with zero attached hydrogens (tertiary/aromatic N) is 1. The molecule has 1 aromatic rings. The van der Waals surface area contributed by atoms with Crippen molar-refractivity contribution in [2.45, 2.75) is 45.9 Å². The molecule has 3 rings (SSSR count). The second-order valence-electron chi connectivity index (χ2n) is 7.77. The highest BCUT2D eigenvalue weighted by Crippen LogP contribution is 2.55. The molecule has 0 aromatic heterocycles. The van der Waals surface area contributed by atoms with Crippen LogP contribution in [0.25, 0.3) is 0 Å². The second kappa shape index (κ2) is 6.11. The van der Waals surface area contributed by atoms with E-state index >= 15 is 0 Å². The Morgan fingerprint density at radius 2 is 1.88 bits per heavy atom. The van der Waals surface area contributed by atoms with Crippen LogP contribution in [0.5, 0.6) is 0 Å². The summed E-state index contributed by atoms with van der Waals surface area (Å²) in [5, 5.41) is 0. The first-order valence-electron chi connectivity index (χ1n) is 8.48. The van der Waals surface area contributed by atoms with E-state index in [4.69, 9.17) is 9.47 Å². The van der Waals surface area contributed by atoms with Gasteiger partial charge in [0.1, 0.15) is 18.2 Å². The molecule has 2 aliphatic rings. The average molecular weight is 331 g/mol. The van der Waals surface area contributed by atoms with Crippen LogP contribution in [-0.2, 0) is 20.9 Å². The van der Waals surface area contributed by atoms with Gasteiger partial charge in [-0.2, -0.15) is 0 Å². The van der Waals surface area contributed by atoms with Crippen molar-refractivity contribution in [2.75, 3.05) is 6.54 Å². The van der Waals surface area contributed by atoms with E-state index in [2.05, 4.69) is 6.92 Å². The first kappa shape index (κ1) is 16.8. The number of likely N-dealkylation sites (tertiary alicyclic amines) is 1. The van der Waals surface area contributed by atoms with E-state index in [1.165, 1.54) is 0 Å². The number of hydrogen-bond acceptors (Lipinski definition) is 4. The third kappa shape index (κ3) is 3.40. The topological polar surface area (TPSA) is 55.8 Å². The first-order valence-corrected chi connectivity index (χ1v) is 8.48. The molecule has 1 aromatic carbocycles. The monoisotopic (exact) mass is 331 g/mol. The van der Waals surface area contributed by atoms with E-state index in [-0.39, 0.29) is 18.5 Å². The SMILES string of the molecule is C[C@@H]1C2CN(C(=O)OC(C)(C)C)[C@@H](C(=O)OCc3ccccc3)C21. The summed E-state index contributed by atoms with van der Waals surface area (Å²) in [4.78, 5) is 26.6. The molecule has 2 unspecified atom stereocenters. The number of amides is 1. The summed E-state index contributed by atoms with van der Waals surface area (Å²) in [7, 11) is 0. The van der Waals surface area contributed by atoms with Crippen LogP contribution in [0.2, 0.25) is 0 Å². The predicted octanol–water partition coefficient (Wildman–Crippen LogP) is 3.23. The van der Waals surface area contributed by atoms with E-state index < -0.39 is 17.7 Å². The predicted molar refractivity (Wildman–Crippen MR) is 89.1 cm³/mol. The summed E-state index contributed by atoms with van der Waals surface area (Å²) in [5.41, 5.74) is 0.363. The Bertz CT molecular complexity index is 622. The summed E-state index contributed by atoms with van der Waals surface area (Å²) >= 11 is 0. The van der Waals surface area contributed by atoms with Crippen molar-refractivity contribution in [3.05, 3.63) is 35.9 Å². The van der Waals surface area contributed by atoms with Crippen molar-refractivity contribution in [2.24, 2.45) is 17.8 Å². The van der Waals surface area contributed by atoms with Gasteiger partial charge in [-0.3, -0.25) is 4.90 Å². The van der Waals surface area contributed by atoms with Gasteiger partial charge in [0.15, 0.2) is 0 Å². The van der Waals surface area contributed by atoms with E-state index in [0.29, 0.717) is 18.4 Å². The van der Waals surface area contributed by atoms with Gasteiger partial charge in [-0.1, -0.05) is 37.3 Å². The zero-order chi connectivity index (χ0) is 17.5. The van der Waals surface area contributed by atoms with Crippen LogP contribution < -0.4 is 0 Å². The van der Waals surface area contributed by atoms with Gasteiger partial charge in [0, 0.05) is 6.54 Å². The maximum absolute atomic E-state index is 12.6. The largest absolute Gasteiger partial charge is 0.459 e. The van der Waals surface area contributed by atoms with Gasteiger partial charge in [-0.15, -0.1) is 0 Å². The van der Waals surface area contributed by atoms with Crippen molar-refractivity contribution in [1.29, 1.82) is 0 Å². The smallest absolute Gasteiger partial charge is 0.411 e. The summed E-state index contributed by atoms with van der Waals surface area (Å²) < 4.78 is 10.9. The lowest BCUT2D eigenvalue weighted by Crippen LogP contribution is -2.47. The average Bonchev–Trinajstić information content (AvgIpc) is 2.96. The Morgan fingerprint density at radius 1 is 1.21 bits per heavy atom. The van der Waals surface area contributed by atoms with Crippen molar-refractivity contribution in [1.82, 2.24) is 4.90 Å². The second-order valence-corrected chi connectivity index (χ2v) is 7.77. The van der Waals surface area contributed by atoms with Gasteiger partial charge < -0.3 is 9.47 Å². The third-order valence-corrected chi connectivity index (χ3v) is 4.84. The molecule has 5 heteroatoms. The maximum Gasteiger partial charge on any atom is 0.411 e. The number of benzene rings is 1. The number of hydrogen-bond donors (Lipinski definition) is 0. The molecule has 1 aliphatic carbocycles. The van der Waals surface area contributed by atoms with Crippen LogP contribution in [0.15, 0.2) is 30.3 Å². The van der Waals surface area contributed by atoms with Gasteiger partial charge in [0.05, 0.1) is 0 Å². The van der Waals surface area contributed by atoms with Crippen LogP contribution in [-0.4, -0.2) is 35.2 Å². The van der Waals surface area contributed by atoms with Crippen LogP contribution in [0, 0.1) is 17.8 Å². The fraction of sp³-hybridized carbons (Fsp3) is 0.579. The number of esters is 1. The quantitative estimate of drug-likeness (QED) is 0.798. The molecule has 0 bridgehead atoms. The molecule has 2 fully saturated rings. The molecule has 1 heterocycles. The lowest BCUT2D eigenvalue weighted by Gasteiger charge is -2.30. The van der Waals surface area contributed by atoms with Crippen molar-refractivity contribution >= 4 is 12.1 Å². The molecule has 0 radical (unpaired) electrons. The fourth-order valence-corrected chi connectivity index (χ4v) is 3.54. The van der Waals surface area contributed by atoms with Gasteiger partial charge in [-0.05, 0) is 44.1 Å². The Labute approximate surface area is 142 Å². The summed E-state index contributed by atoms with van der Waals surface area (Å²) in [6.45, 7) is 8.41. The normalized spacial score (nSPS) is 28.2. The Balaban J connectivity index is 1.66. The van der Waals surface area contributed by atoms with Crippen LogP contribution in [0.4, 0.5) is 4.79 Å². The third-order valence-electron chi connectivity index (χ3n) is 4.84. The Kier molecular flexibility index (Phi) is 4.28. The van der Waals surface area contributed by atoms with Gasteiger partial charge >= 0.3 is 12.1 Å². The highest BCUT2D eigenvalue weighted by Gasteiger charge is 2.63. The number of ether oxygens (including phenoxy) is 2. The van der Waals surface area contributed by atoms with Gasteiger partial charge in [0.2, 0.25) is 0 Å². The standard InChI is InChI=1S/C19H25NO4/c1-12-14-10-20(18(22)24-19(2,3)4)16(15(12)14)17(21)23-11-13-8-6-5-7-9-13/h5-9,12,14-16H,10-11H2,1-4H3/t12-,14?,15?,16-/m1/s1. The first-order chi connectivity index (χ1) is 11.3. The van der Waals surface area contributed by atoms with E-state index in [0.717, 1.165) is 5.56 Å². The molecule has 0 spiro atoms. The van der Waals surface area contributed by atoms with Crippen molar-refractivity contribution in [3.63, 3.8) is 0 Å². The highest BCUT2D eigenvalue weighted by molar-refractivity contribution is 5.83. The summed E-state index contributed by atoms with van der Waals surface area (Å²) in [6.07, 6.45) is -0.427. The highest BCUT2D eigenvalue weighted by atomic mass is 16.6. The van der Waals surface area contributed by atoms with E-state index in [1.54, 1.807) is 4.90 Å². The number of rotatable bonds is 3. The van der Waals surface area contributed by atoms with E-state index in [1.807, 2.05) is 51.1 Å². The number of piperidine rings is 1. The Hall–Kier alpha value is -2.04. The Morgan fingerprint density at radius 3 is 2.50 bits per heavy atom. The molecule has 1 aliphatic heterocycles. The van der Waals surface area contributed by atoms with E-state index in [9.17, 15) is 9.59 Å². The minimum Gasteiger partial charge on any atom is -0.459 e. The number of carbonyl (C=O) groups is 2. The van der Waals surface area contributed by atoms with Crippen LogP contribution in [0.3, 0.4) is 0 Å². The molecule has 1 saturated carbocycles. The molecule has 130 valence electrons. The maximum atomic E-state index is 12.6. The zero-order valence-electron chi connectivity index (χ0n) is 14.7. The van der Waals surface area contributed by atoms with Crippen LogP contribution >= 0.6 is 0 Å². The van der Waals surface area contributed by atoms with Crippen LogP contribution in [0.1, 0.15) is 33.3 Å². The number of carbonyl (C=O) groups excluding carboxylic acids is 2. The lowest BCUT2D eigenvalue weighted by molar-refractivity contribution is -0.151. The number of fused-ring (bicyclic) bond motifs is 1. The minimum absolute atomic E-state index is 0.195. The van der Waals surface area contributed by atoms with Crippen molar-refractivity contribution in [3.8, 4) is 0 Å². The minimum atomic E-state index is -0.575. The molecule has 1 amide bonds. The molecule has 4 atom stereocenters. The summed E-state index contributed by atoms with van der Waals surface area (Å²) in [5.74, 6) is 0.701. The lowest BCUT2D eigenvalue weighted by atomic mass is 10.1. The molecule has 1 saturated heterocycles. The molecule has 0 N–H and O–H groups in total. The molecule has 5 nitrogen and oxygen atoms in total. The molecular formula is C19H25NO4. The molecular weight excluding hydrogens is 306 g/mol. The van der Waals surface area contributed by atoms with Gasteiger partial charge in [-0.25, -0.2) is 9.59 Å². The zero-order valence-corrected chi connectivity index (χ0v) is 14.7. The summed E-state index contributed by atoms with van der Waals surface area (Å²) in [6, 6.07) is 9.04.